The van der Waals surface area contributed by atoms with Gasteiger partial charge in [-0.05, 0) is 25.5 Å². The minimum atomic E-state index is -1.04. The van der Waals surface area contributed by atoms with Crippen molar-refractivity contribution in [1.29, 1.82) is 0 Å². The van der Waals surface area contributed by atoms with Gasteiger partial charge in [0, 0.05) is 5.69 Å². The van der Waals surface area contributed by atoms with Crippen molar-refractivity contribution in [3.05, 3.63) is 29.8 Å². The monoisotopic (exact) mass is 236 g/mol. The van der Waals surface area contributed by atoms with E-state index in [4.69, 9.17) is 5.11 Å². The van der Waals surface area contributed by atoms with Crippen molar-refractivity contribution >= 4 is 17.7 Å². The third kappa shape index (κ3) is 4.14. The summed E-state index contributed by atoms with van der Waals surface area (Å²) in [7, 11) is 0. The molecule has 0 fully saturated rings. The first-order chi connectivity index (χ1) is 8.02. The van der Waals surface area contributed by atoms with Gasteiger partial charge >= 0.3 is 12.0 Å². The first-order valence-electron chi connectivity index (χ1n) is 5.40. The fraction of sp³-hybridized carbons (Fsp3) is 0.333. The third-order valence-corrected chi connectivity index (χ3v) is 2.32. The predicted molar refractivity (Wildman–Crippen MR) is 65.0 cm³/mol. The summed E-state index contributed by atoms with van der Waals surface area (Å²) in [6.07, 6.45) is 0.344. The van der Waals surface area contributed by atoms with Crippen molar-refractivity contribution in [1.82, 2.24) is 5.32 Å². The van der Waals surface area contributed by atoms with Gasteiger partial charge in [-0.25, -0.2) is 9.59 Å². The number of aryl methyl sites for hydroxylation is 1. The van der Waals surface area contributed by atoms with E-state index in [0.29, 0.717) is 12.1 Å². The van der Waals surface area contributed by atoms with Crippen molar-refractivity contribution in [2.24, 2.45) is 0 Å². The molecule has 92 valence electrons. The average Bonchev–Trinajstić information content (AvgIpc) is 2.28. The molecule has 5 heteroatoms. The van der Waals surface area contributed by atoms with Crippen molar-refractivity contribution in [2.75, 3.05) is 5.32 Å². The summed E-state index contributed by atoms with van der Waals surface area (Å²) in [4.78, 5) is 22.2. The summed E-state index contributed by atoms with van der Waals surface area (Å²) in [5, 5.41) is 13.7. The molecule has 0 aliphatic carbocycles. The molecule has 0 aliphatic heterocycles. The number of amides is 2. The van der Waals surface area contributed by atoms with Crippen LogP contribution in [0.5, 0.6) is 0 Å². The van der Waals surface area contributed by atoms with Crippen molar-refractivity contribution in [2.45, 2.75) is 26.3 Å². The molecular weight excluding hydrogens is 220 g/mol. The molecule has 0 aliphatic rings. The molecule has 1 atom stereocenters. The maximum absolute atomic E-state index is 11.5. The van der Waals surface area contributed by atoms with Crippen LogP contribution in [0.3, 0.4) is 0 Å². The number of carboxylic acid groups (broad SMARTS) is 1. The van der Waals surface area contributed by atoms with Crippen LogP contribution in [0.15, 0.2) is 24.3 Å². The predicted octanol–water partition coefficient (Wildman–Crippen LogP) is 1.98. The zero-order valence-electron chi connectivity index (χ0n) is 9.86. The summed E-state index contributed by atoms with van der Waals surface area (Å²) in [6, 6.07) is 5.88. The van der Waals surface area contributed by atoms with Crippen molar-refractivity contribution in [3.8, 4) is 0 Å². The molecule has 1 rings (SSSR count). The first kappa shape index (κ1) is 13.0. The van der Waals surface area contributed by atoms with Crippen LogP contribution in [0, 0.1) is 6.92 Å². The molecule has 0 aromatic heterocycles. The average molecular weight is 236 g/mol. The fourth-order valence-electron chi connectivity index (χ4n) is 1.30. The lowest BCUT2D eigenvalue weighted by Crippen LogP contribution is -2.42. The van der Waals surface area contributed by atoms with E-state index in [-0.39, 0.29) is 0 Å². The Morgan fingerprint density at radius 1 is 1.29 bits per heavy atom. The van der Waals surface area contributed by atoms with Crippen LogP contribution in [0.4, 0.5) is 10.5 Å². The highest BCUT2D eigenvalue weighted by molar-refractivity contribution is 5.92. The number of benzene rings is 1. The lowest BCUT2D eigenvalue weighted by Gasteiger charge is -2.13. The van der Waals surface area contributed by atoms with E-state index < -0.39 is 18.0 Å². The van der Waals surface area contributed by atoms with Gasteiger partial charge in [0.1, 0.15) is 6.04 Å². The molecule has 1 aromatic rings. The normalized spacial score (nSPS) is 11.6. The zero-order chi connectivity index (χ0) is 12.8. The third-order valence-electron chi connectivity index (χ3n) is 2.32. The minimum Gasteiger partial charge on any atom is -0.480 e. The molecule has 0 radical (unpaired) electrons. The Hall–Kier alpha value is -2.04. The van der Waals surface area contributed by atoms with E-state index in [1.165, 1.54) is 0 Å². The number of urea groups is 1. The molecule has 3 N–H and O–H groups in total. The number of carbonyl (C=O) groups excluding carboxylic acids is 1. The summed E-state index contributed by atoms with van der Waals surface area (Å²) in [5.74, 6) is -1.04. The number of rotatable bonds is 4. The molecule has 5 nitrogen and oxygen atoms in total. The number of nitrogens with one attached hydrogen (secondary N) is 2. The summed E-state index contributed by atoms with van der Waals surface area (Å²) in [6.45, 7) is 3.65. The maximum atomic E-state index is 11.5. The van der Waals surface area contributed by atoms with Crippen LogP contribution in [0.25, 0.3) is 0 Å². The molecule has 1 aromatic carbocycles. The van der Waals surface area contributed by atoms with Gasteiger partial charge in [-0.2, -0.15) is 0 Å². The lowest BCUT2D eigenvalue weighted by atomic mass is 10.2. The van der Waals surface area contributed by atoms with Crippen LogP contribution >= 0.6 is 0 Å². The Bertz CT molecular complexity index is 401. The number of anilines is 1. The maximum Gasteiger partial charge on any atom is 0.326 e. The topological polar surface area (TPSA) is 78.4 Å². The second-order valence-corrected chi connectivity index (χ2v) is 3.76. The second kappa shape index (κ2) is 5.89. The molecule has 0 spiro atoms. The lowest BCUT2D eigenvalue weighted by molar-refractivity contribution is -0.139. The van der Waals surface area contributed by atoms with Gasteiger partial charge in [0.15, 0.2) is 0 Å². The van der Waals surface area contributed by atoms with Gasteiger partial charge in [-0.3, -0.25) is 0 Å². The smallest absolute Gasteiger partial charge is 0.326 e. The Morgan fingerprint density at radius 3 is 2.35 bits per heavy atom. The second-order valence-electron chi connectivity index (χ2n) is 3.76. The Labute approximate surface area is 99.8 Å². The van der Waals surface area contributed by atoms with Gasteiger partial charge in [0.2, 0.25) is 0 Å². The first-order valence-corrected chi connectivity index (χ1v) is 5.40. The number of hydrogen-bond acceptors (Lipinski definition) is 2. The Kier molecular flexibility index (Phi) is 4.51. The number of hydrogen-bond donors (Lipinski definition) is 3. The largest absolute Gasteiger partial charge is 0.480 e. The van der Waals surface area contributed by atoms with Crippen LogP contribution in [0.2, 0.25) is 0 Å². The molecule has 0 unspecified atom stereocenters. The van der Waals surface area contributed by atoms with Crippen molar-refractivity contribution in [3.63, 3.8) is 0 Å². The molecule has 0 saturated carbocycles. The van der Waals surface area contributed by atoms with E-state index >= 15 is 0 Å². The van der Waals surface area contributed by atoms with Crippen LogP contribution in [0.1, 0.15) is 18.9 Å². The Balaban J connectivity index is 2.54. The quantitative estimate of drug-likeness (QED) is 0.748. The van der Waals surface area contributed by atoms with Crippen LogP contribution in [-0.2, 0) is 4.79 Å². The minimum absolute atomic E-state index is 0.344. The molecule has 0 saturated heterocycles. The van der Waals surface area contributed by atoms with E-state index in [0.717, 1.165) is 5.56 Å². The zero-order valence-corrected chi connectivity index (χ0v) is 9.86. The molecule has 0 bridgehead atoms. The molecule has 2 amide bonds. The number of carboxylic acids is 1. The highest BCUT2D eigenvalue weighted by Gasteiger charge is 2.17. The highest BCUT2D eigenvalue weighted by atomic mass is 16.4. The van der Waals surface area contributed by atoms with Gasteiger partial charge < -0.3 is 15.7 Å². The van der Waals surface area contributed by atoms with Crippen LogP contribution < -0.4 is 10.6 Å². The summed E-state index contributed by atoms with van der Waals surface area (Å²) >= 11 is 0. The van der Waals surface area contributed by atoms with Gasteiger partial charge in [0.25, 0.3) is 0 Å². The molecule has 0 heterocycles. The highest BCUT2D eigenvalue weighted by Crippen LogP contribution is 2.08. The molecule has 17 heavy (non-hydrogen) atoms. The SMILES string of the molecule is CC[C@@H](NC(=O)Nc1ccc(C)cc1)C(=O)O. The van der Waals surface area contributed by atoms with Crippen molar-refractivity contribution < 1.29 is 14.7 Å². The summed E-state index contributed by atoms with van der Waals surface area (Å²) in [5.41, 5.74) is 1.72. The van der Waals surface area contributed by atoms with E-state index in [1.807, 2.05) is 19.1 Å². The number of carbonyl (C=O) groups is 2. The van der Waals surface area contributed by atoms with Gasteiger partial charge in [-0.15, -0.1) is 0 Å². The van der Waals surface area contributed by atoms with Gasteiger partial charge in [0.05, 0.1) is 0 Å². The standard InChI is InChI=1S/C12H16N2O3/c1-3-10(11(15)16)14-12(17)13-9-6-4-8(2)5-7-9/h4-7,10H,3H2,1-2H3,(H,15,16)(H2,13,14,17)/t10-/m1/s1. The van der Waals surface area contributed by atoms with Crippen LogP contribution in [-0.4, -0.2) is 23.1 Å². The number of aliphatic carboxylic acids is 1. The van der Waals surface area contributed by atoms with E-state index in [2.05, 4.69) is 10.6 Å². The Morgan fingerprint density at radius 2 is 1.88 bits per heavy atom. The fourth-order valence-corrected chi connectivity index (χ4v) is 1.30. The summed E-state index contributed by atoms with van der Waals surface area (Å²) < 4.78 is 0. The van der Waals surface area contributed by atoms with E-state index in [9.17, 15) is 9.59 Å². The van der Waals surface area contributed by atoms with E-state index in [1.54, 1.807) is 19.1 Å². The van der Waals surface area contributed by atoms with Gasteiger partial charge in [-0.1, -0.05) is 24.6 Å². The molecular formula is C12H16N2O3.